The van der Waals surface area contributed by atoms with Gasteiger partial charge in [-0.1, -0.05) is 42.5 Å². The SMILES string of the molecule is O=S1(=O)CCC(Cc2nc3ccccc3n2CC(O)COCc2ccccc2)C1. The lowest BCUT2D eigenvalue weighted by molar-refractivity contribution is 0.0205. The van der Waals surface area contributed by atoms with Gasteiger partial charge < -0.3 is 14.4 Å². The quantitative estimate of drug-likeness (QED) is 0.613. The van der Waals surface area contributed by atoms with Gasteiger partial charge in [0.15, 0.2) is 9.84 Å². The Bertz CT molecular complexity index is 1060. The maximum atomic E-state index is 11.8. The number of hydrogen-bond donors (Lipinski definition) is 1. The van der Waals surface area contributed by atoms with E-state index < -0.39 is 15.9 Å². The maximum absolute atomic E-state index is 11.8. The van der Waals surface area contributed by atoms with Crippen LogP contribution >= 0.6 is 0 Å². The van der Waals surface area contributed by atoms with Crippen LogP contribution in [0.5, 0.6) is 0 Å². The first-order chi connectivity index (χ1) is 14.0. The number of aliphatic hydroxyl groups is 1. The molecule has 7 heteroatoms. The minimum Gasteiger partial charge on any atom is -0.389 e. The van der Waals surface area contributed by atoms with Gasteiger partial charge in [-0.25, -0.2) is 13.4 Å². The molecule has 1 aromatic heterocycles. The van der Waals surface area contributed by atoms with Crippen LogP contribution in [-0.2, 0) is 34.1 Å². The van der Waals surface area contributed by atoms with Crippen molar-refractivity contribution in [2.45, 2.75) is 32.1 Å². The lowest BCUT2D eigenvalue weighted by Crippen LogP contribution is -2.24. The van der Waals surface area contributed by atoms with Crippen LogP contribution in [0.2, 0.25) is 0 Å². The number of imidazole rings is 1. The maximum Gasteiger partial charge on any atom is 0.150 e. The summed E-state index contributed by atoms with van der Waals surface area (Å²) in [7, 11) is -2.93. The van der Waals surface area contributed by atoms with Crippen LogP contribution < -0.4 is 0 Å². The summed E-state index contributed by atoms with van der Waals surface area (Å²) in [5, 5.41) is 10.6. The van der Waals surface area contributed by atoms with Crippen molar-refractivity contribution in [3.63, 3.8) is 0 Å². The van der Waals surface area contributed by atoms with Crippen LogP contribution in [0.3, 0.4) is 0 Å². The molecule has 0 radical (unpaired) electrons. The summed E-state index contributed by atoms with van der Waals surface area (Å²) in [4.78, 5) is 4.72. The zero-order valence-electron chi connectivity index (χ0n) is 16.3. The molecule has 0 aliphatic carbocycles. The van der Waals surface area contributed by atoms with E-state index in [4.69, 9.17) is 9.72 Å². The largest absolute Gasteiger partial charge is 0.389 e. The normalized spacial score (nSPS) is 19.6. The van der Waals surface area contributed by atoms with Crippen molar-refractivity contribution in [3.8, 4) is 0 Å². The summed E-state index contributed by atoms with van der Waals surface area (Å²) in [5.74, 6) is 1.39. The highest BCUT2D eigenvalue weighted by Crippen LogP contribution is 2.25. The number of ether oxygens (including phenoxy) is 1. The van der Waals surface area contributed by atoms with E-state index in [2.05, 4.69) is 0 Å². The zero-order chi connectivity index (χ0) is 20.3. The summed E-state index contributed by atoms with van der Waals surface area (Å²) in [6.07, 6.45) is 0.599. The minimum absolute atomic E-state index is 0.0852. The second kappa shape index (κ2) is 8.65. The van der Waals surface area contributed by atoms with Gasteiger partial charge in [0.1, 0.15) is 5.82 Å². The van der Waals surface area contributed by atoms with Gasteiger partial charge in [-0.2, -0.15) is 0 Å². The Kier molecular flexibility index (Phi) is 5.99. The van der Waals surface area contributed by atoms with Crippen molar-refractivity contribution in [2.24, 2.45) is 5.92 Å². The molecule has 0 spiro atoms. The van der Waals surface area contributed by atoms with Gasteiger partial charge in [0.05, 0.1) is 48.4 Å². The van der Waals surface area contributed by atoms with E-state index in [0.29, 0.717) is 26.0 Å². The monoisotopic (exact) mass is 414 g/mol. The van der Waals surface area contributed by atoms with E-state index in [1.165, 1.54) is 0 Å². The summed E-state index contributed by atoms with van der Waals surface area (Å²) < 4.78 is 31.3. The Morgan fingerprint density at radius 3 is 2.66 bits per heavy atom. The second-order valence-electron chi connectivity index (χ2n) is 7.76. The highest BCUT2D eigenvalue weighted by atomic mass is 32.2. The summed E-state index contributed by atoms with van der Waals surface area (Å²) >= 11 is 0. The highest BCUT2D eigenvalue weighted by molar-refractivity contribution is 7.91. The Hall–Kier alpha value is -2.22. The van der Waals surface area contributed by atoms with Gasteiger partial charge in [0, 0.05) is 6.42 Å². The third-order valence-corrected chi connectivity index (χ3v) is 7.18. The number of aliphatic hydroxyl groups excluding tert-OH is 1. The smallest absolute Gasteiger partial charge is 0.150 e. The molecule has 1 saturated heterocycles. The fraction of sp³-hybridized carbons (Fsp3) is 0.409. The molecule has 1 aliphatic rings. The van der Waals surface area contributed by atoms with E-state index in [1.807, 2.05) is 59.2 Å². The average Bonchev–Trinajstić information content (AvgIpc) is 3.22. The van der Waals surface area contributed by atoms with Crippen LogP contribution in [0.25, 0.3) is 11.0 Å². The van der Waals surface area contributed by atoms with Crippen molar-refractivity contribution in [1.82, 2.24) is 9.55 Å². The average molecular weight is 415 g/mol. The van der Waals surface area contributed by atoms with Crippen molar-refractivity contribution >= 4 is 20.9 Å². The molecule has 4 rings (SSSR count). The van der Waals surface area contributed by atoms with Gasteiger partial charge in [-0.3, -0.25) is 0 Å². The van der Waals surface area contributed by atoms with Crippen LogP contribution in [0.4, 0.5) is 0 Å². The fourth-order valence-corrected chi connectivity index (χ4v) is 5.79. The molecule has 2 heterocycles. The van der Waals surface area contributed by atoms with Crippen LogP contribution in [0.15, 0.2) is 54.6 Å². The van der Waals surface area contributed by atoms with Gasteiger partial charge in [0.25, 0.3) is 0 Å². The standard InChI is InChI=1S/C22H26N2O4S/c25-19(15-28-14-17-6-2-1-3-7-17)13-24-21-9-5-4-8-20(21)23-22(24)12-18-10-11-29(26,27)16-18/h1-9,18-19,25H,10-16H2. The Morgan fingerprint density at radius 2 is 1.90 bits per heavy atom. The van der Waals surface area contributed by atoms with Crippen LogP contribution in [0.1, 0.15) is 17.8 Å². The van der Waals surface area contributed by atoms with Crippen LogP contribution in [-0.4, -0.2) is 47.3 Å². The number of aromatic nitrogens is 2. The highest BCUT2D eigenvalue weighted by Gasteiger charge is 2.29. The number of sulfone groups is 1. The van der Waals surface area contributed by atoms with Crippen molar-refractivity contribution in [3.05, 3.63) is 66.0 Å². The Morgan fingerprint density at radius 1 is 1.14 bits per heavy atom. The first kappa shape index (κ1) is 20.1. The zero-order valence-corrected chi connectivity index (χ0v) is 17.1. The Labute approximate surface area is 171 Å². The first-order valence-corrected chi connectivity index (χ1v) is 11.8. The third kappa shape index (κ3) is 5.04. The molecule has 154 valence electrons. The summed E-state index contributed by atoms with van der Waals surface area (Å²) in [5.41, 5.74) is 2.88. The molecule has 1 N–H and O–H groups in total. The van der Waals surface area contributed by atoms with E-state index in [9.17, 15) is 13.5 Å². The molecule has 0 amide bonds. The molecule has 3 aromatic rings. The van der Waals surface area contributed by atoms with Gasteiger partial charge in [-0.15, -0.1) is 0 Å². The first-order valence-electron chi connectivity index (χ1n) is 9.94. The second-order valence-corrected chi connectivity index (χ2v) is 9.98. The predicted molar refractivity (Wildman–Crippen MR) is 112 cm³/mol. The molecule has 6 nitrogen and oxygen atoms in total. The molecule has 2 atom stereocenters. The van der Waals surface area contributed by atoms with E-state index in [0.717, 1.165) is 22.4 Å². The number of hydrogen-bond acceptors (Lipinski definition) is 5. The molecule has 29 heavy (non-hydrogen) atoms. The molecule has 0 bridgehead atoms. The fourth-order valence-electron chi connectivity index (χ4n) is 3.93. The number of benzene rings is 2. The third-order valence-electron chi connectivity index (χ3n) is 5.35. The number of nitrogens with zero attached hydrogens (tertiary/aromatic N) is 2. The lowest BCUT2D eigenvalue weighted by atomic mass is 10.1. The summed E-state index contributed by atoms with van der Waals surface area (Å²) in [6, 6.07) is 17.7. The number of para-hydroxylation sites is 2. The number of fused-ring (bicyclic) bond motifs is 1. The molecular formula is C22H26N2O4S. The summed E-state index contributed by atoms with van der Waals surface area (Å²) in [6.45, 7) is 1.04. The Balaban J connectivity index is 1.45. The predicted octanol–water partition coefficient (Wildman–Crippen LogP) is 2.59. The van der Waals surface area contributed by atoms with Gasteiger partial charge >= 0.3 is 0 Å². The molecule has 2 unspecified atom stereocenters. The van der Waals surface area contributed by atoms with Gasteiger partial charge in [-0.05, 0) is 30.0 Å². The van der Waals surface area contributed by atoms with E-state index in [1.54, 1.807) is 0 Å². The molecule has 1 aliphatic heterocycles. The van der Waals surface area contributed by atoms with Crippen LogP contribution in [0, 0.1) is 5.92 Å². The van der Waals surface area contributed by atoms with Crippen molar-refractivity contribution < 1.29 is 18.3 Å². The van der Waals surface area contributed by atoms with E-state index in [-0.39, 0.29) is 24.0 Å². The molecule has 0 saturated carbocycles. The van der Waals surface area contributed by atoms with Crippen molar-refractivity contribution in [2.75, 3.05) is 18.1 Å². The molecule has 1 fully saturated rings. The number of rotatable bonds is 8. The topological polar surface area (TPSA) is 81.4 Å². The van der Waals surface area contributed by atoms with E-state index >= 15 is 0 Å². The lowest BCUT2D eigenvalue weighted by Gasteiger charge is -2.16. The van der Waals surface area contributed by atoms with Crippen molar-refractivity contribution in [1.29, 1.82) is 0 Å². The molecular weight excluding hydrogens is 388 g/mol. The van der Waals surface area contributed by atoms with Gasteiger partial charge in [0.2, 0.25) is 0 Å². The molecule has 2 aromatic carbocycles. The minimum atomic E-state index is -2.93.